The Labute approximate surface area is 111 Å². The molecule has 0 aliphatic heterocycles. The Bertz CT molecular complexity index is 428. The van der Waals surface area contributed by atoms with Gasteiger partial charge in [0.2, 0.25) is 0 Å². The van der Waals surface area contributed by atoms with Crippen LogP contribution in [0.15, 0.2) is 15.5 Å². The predicted octanol–water partition coefficient (Wildman–Crippen LogP) is 3.04. The standard InChI is InChI=1S/C12H20BrN3O/c1-5-9(4)6-14-10-7-15-16(8(2)3)12(17)11(10)13/h7-9,14H,5-6H2,1-4H3. The molecule has 5 heteroatoms. The zero-order valence-electron chi connectivity index (χ0n) is 10.8. The highest BCUT2D eigenvalue weighted by Gasteiger charge is 2.10. The van der Waals surface area contributed by atoms with Gasteiger partial charge in [0.15, 0.2) is 0 Å². The summed E-state index contributed by atoms with van der Waals surface area (Å²) in [6.45, 7) is 9.04. The Morgan fingerprint density at radius 3 is 2.65 bits per heavy atom. The average Bonchev–Trinajstić information content (AvgIpc) is 2.30. The van der Waals surface area contributed by atoms with Crippen LogP contribution in [-0.2, 0) is 0 Å². The summed E-state index contributed by atoms with van der Waals surface area (Å²) in [5.41, 5.74) is 0.682. The molecule has 1 aromatic heterocycles. The molecule has 0 fully saturated rings. The van der Waals surface area contributed by atoms with Crippen LogP contribution >= 0.6 is 15.9 Å². The summed E-state index contributed by atoms with van der Waals surface area (Å²) < 4.78 is 2.03. The monoisotopic (exact) mass is 301 g/mol. The van der Waals surface area contributed by atoms with Crippen LogP contribution in [0.25, 0.3) is 0 Å². The number of halogens is 1. The molecule has 0 spiro atoms. The van der Waals surface area contributed by atoms with Crippen molar-refractivity contribution in [3.05, 3.63) is 21.0 Å². The highest BCUT2D eigenvalue weighted by atomic mass is 79.9. The first-order valence-corrected chi connectivity index (χ1v) is 6.77. The number of aromatic nitrogens is 2. The van der Waals surface area contributed by atoms with E-state index in [1.54, 1.807) is 6.20 Å². The van der Waals surface area contributed by atoms with Gasteiger partial charge in [-0.15, -0.1) is 0 Å². The molecule has 4 nitrogen and oxygen atoms in total. The lowest BCUT2D eigenvalue weighted by molar-refractivity contribution is 0.500. The molecular weight excluding hydrogens is 282 g/mol. The van der Waals surface area contributed by atoms with Gasteiger partial charge < -0.3 is 5.32 Å². The fourth-order valence-electron chi connectivity index (χ4n) is 1.36. The first-order chi connectivity index (χ1) is 7.97. The van der Waals surface area contributed by atoms with Crippen molar-refractivity contribution in [2.24, 2.45) is 5.92 Å². The van der Waals surface area contributed by atoms with Crippen molar-refractivity contribution in [2.45, 2.75) is 40.2 Å². The number of nitrogens with one attached hydrogen (secondary N) is 1. The molecule has 96 valence electrons. The molecule has 1 heterocycles. The Balaban J connectivity index is 2.90. The number of hydrogen-bond acceptors (Lipinski definition) is 3. The quantitative estimate of drug-likeness (QED) is 0.909. The van der Waals surface area contributed by atoms with E-state index in [9.17, 15) is 4.79 Å². The second kappa shape index (κ2) is 6.19. The van der Waals surface area contributed by atoms with E-state index in [2.05, 4.69) is 40.2 Å². The van der Waals surface area contributed by atoms with E-state index >= 15 is 0 Å². The van der Waals surface area contributed by atoms with E-state index in [1.165, 1.54) is 4.68 Å². The molecule has 0 aliphatic rings. The highest BCUT2D eigenvalue weighted by Crippen LogP contribution is 2.17. The van der Waals surface area contributed by atoms with Crippen molar-refractivity contribution in [3.63, 3.8) is 0 Å². The van der Waals surface area contributed by atoms with Crippen LogP contribution in [0.5, 0.6) is 0 Å². The van der Waals surface area contributed by atoms with E-state index in [0.29, 0.717) is 10.4 Å². The van der Waals surface area contributed by atoms with Crippen LogP contribution in [0.2, 0.25) is 0 Å². The molecule has 1 N–H and O–H groups in total. The molecule has 0 aliphatic carbocycles. The summed E-state index contributed by atoms with van der Waals surface area (Å²) in [4.78, 5) is 12.0. The molecule has 0 saturated carbocycles. The first kappa shape index (κ1) is 14.2. The normalized spacial score (nSPS) is 12.8. The minimum atomic E-state index is -0.0887. The largest absolute Gasteiger partial charge is 0.382 e. The lowest BCUT2D eigenvalue weighted by Gasteiger charge is -2.14. The van der Waals surface area contributed by atoms with Gasteiger partial charge in [-0.2, -0.15) is 5.10 Å². The highest BCUT2D eigenvalue weighted by molar-refractivity contribution is 9.10. The SMILES string of the molecule is CCC(C)CNc1cnn(C(C)C)c(=O)c1Br. The molecule has 1 atom stereocenters. The van der Waals surface area contributed by atoms with Crippen molar-refractivity contribution >= 4 is 21.6 Å². The second-order valence-electron chi connectivity index (χ2n) is 4.61. The maximum Gasteiger partial charge on any atom is 0.283 e. The summed E-state index contributed by atoms with van der Waals surface area (Å²) in [5, 5.41) is 7.40. The Hall–Kier alpha value is -0.840. The summed E-state index contributed by atoms with van der Waals surface area (Å²) in [5.74, 6) is 0.578. The zero-order valence-corrected chi connectivity index (χ0v) is 12.4. The van der Waals surface area contributed by atoms with Gasteiger partial charge in [-0.25, -0.2) is 4.68 Å². The minimum absolute atomic E-state index is 0.0717. The number of hydrogen-bond donors (Lipinski definition) is 1. The van der Waals surface area contributed by atoms with Crippen LogP contribution in [0.1, 0.15) is 40.2 Å². The summed E-state index contributed by atoms with van der Waals surface area (Å²) in [7, 11) is 0. The molecule has 17 heavy (non-hydrogen) atoms. The van der Waals surface area contributed by atoms with Crippen LogP contribution in [-0.4, -0.2) is 16.3 Å². The Morgan fingerprint density at radius 1 is 1.47 bits per heavy atom. The third kappa shape index (κ3) is 3.56. The molecule has 1 rings (SSSR count). The summed E-state index contributed by atoms with van der Waals surface area (Å²) in [6, 6.07) is 0.0717. The average molecular weight is 302 g/mol. The Morgan fingerprint density at radius 2 is 2.12 bits per heavy atom. The fourth-order valence-corrected chi connectivity index (χ4v) is 1.79. The maximum absolute atomic E-state index is 12.0. The predicted molar refractivity (Wildman–Crippen MR) is 74.5 cm³/mol. The zero-order chi connectivity index (χ0) is 13.0. The molecule has 0 bridgehead atoms. The van der Waals surface area contributed by atoms with E-state index in [4.69, 9.17) is 0 Å². The summed E-state index contributed by atoms with van der Waals surface area (Å²) >= 11 is 3.34. The molecule has 0 radical (unpaired) electrons. The second-order valence-corrected chi connectivity index (χ2v) is 5.40. The maximum atomic E-state index is 12.0. The van der Waals surface area contributed by atoms with Crippen molar-refractivity contribution in [3.8, 4) is 0 Å². The van der Waals surface area contributed by atoms with Gasteiger partial charge in [0.1, 0.15) is 4.47 Å². The lowest BCUT2D eigenvalue weighted by Crippen LogP contribution is -2.26. The van der Waals surface area contributed by atoms with Gasteiger partial charge in [-0.05, 0) is 35.7 Å². The van der Waals surface area contributed by atoms with Crippen LogP contribution in [0, 0.1) is 5.92 Å². The fraction of sp³-hybridized carbons (Fsp3) is 0.667. The van der Waals surface area contributed by atoms with Gasteiger partial charge in [0.05, 0.1) is 17.9 Å². The third-order valence-corrected chi connectivity index (χ3v) is 3.54. The topological polar surface area (TPSA) is 46.9 Å². The van der Waals surface area contributed by atoms with Crippen LogP contribution < -0.4 is 10.9 Å². The number of rotatable bonds is 5. The number of nitrogens with zero attached hydrogens (tertiary/aromatic N) is 2. The molecule has 1 aromatic rings. The first-order valence-electron chi connectivity index (χ1n) is 5.98. The lowest BCUT2D eigenvalue weighted by atomic mass is 10.1. The molecule has 0 aromatic carbocycles. The van der Waals surface area contributed by atoms with Crippen molar-refractivity contribution in [2.75, 3.05) is 11.9 Å². The summed E-state index contributed by atoms with van der Waals surface area (Å²) in [6.07, 6.45) is 2.81. The van der Waals surface area contributed by atoms with E-state index in [0.717, 1.165) is 18.7 Å². The van der Waals surface area contributed by atoms with Crippen molar-refractivity contribution in [1.82, 2.24) is 9.78 Å². The van der Waals surface area contributed by atoms with E-state index in [-0.39, 0.29) is 11.6 Å². The van der Waals surface area contributed by atoms with E-state index in [1.807, 2.05) is 13.8 Å². The minimum Gasteiger partial charge on any atom is -0.382 e. The van der Waals surface area contributed by atoms with Crippen molar-refractivity contribution < 1.29 is 0 Å². The van der Waals surface area contributed by atoms with Crippen molar-refractivity contribution in [1.29, 1.82) is 0 Å². The van der Waals surface area contributed by atoms with Gasteiger partial charge in [0.25, 0.3) is 5.56 Å². The smallest absolute Gasteiger partial charge is 0.283 e. The van der Waals surface area contributed by atoms with E-state index < -0.39 is 0 Å². The van der Waals surface area contributed by atoms with Gasteiger partial charge in [-0.3, -0.25) is 4.79 Å². The molecular formula is C12H20BrN3O. The molecule has 0 amide bonds. The van der Waals surface area contributed by atoms with Crippen LogP contribution in [0.4, 0.5) is 5.69 Å². The van der Waals surface area contributed by atoms with Crippen LogP contribution in [0.3, 0.4) is 0 Å². The number of anilines is 1. The Kier molecular flexibility index (Phi) is 5.18. The van der Waals surface area contributed by atoms with Gasteiger partial charge in [0, 0.05) is 6.54 Å². The third-order valence-electron chi connectivity index (χ3n) is 2.77. The molecule has 0 saturated heterocycles. The van der Waals surface area contributed by atoms with Gasteiger partial charge >= 0.3 is 0 Å². The molecule has 1 unspecified atom stereocenters. The van der Waals surface area contributed by atoms with Gasteiger partial charge in [-0.1, -0.05) is 20.3 Å².